The molecule has 4 heteroatoms. The van der Waals surface area contributed by atoms with Gasteiger partial charge < -0.3 is 14.2 Å². The number of pyridine rings is 1. The standard InChI is InChI=1S/C32H29NO3/c1-4-5-8-22-11-16-24(17-12-22)31-27(20-15-23-13-18-26(34-2)19-14-23)30-28(32(35-3)36-31)21-25-9-6-7-10-29(25)33-30/h6-7,9-14,16-19,21,32H,4-5,8H2,1-3H3. The zero-order valence-electron chi connectivity index (χ0n) is 20.9. The maximum atomic E-state index is 6.45. The van der Waals surface area contributed by atoms with Gasteiger partial charge in [-0.25, -0.2) is 4.98 Å². The molecule has 1 aliphatic heterocycles. The second-order valence-corrected chi connectivity index (χ2v) is 8.79. The summed E-state index contributed by atoms with van der Waals surface area (Å²) < 4.78 is 17.5. The van der Waals surface area contributed by atoms with Gasteiger partial charge in [0, 0.05) is 29.2 Å². The Morgan fingerprint density at radius 1 is 0.917 bits per heavy atom. The van der Waals surface area contributed by atoms with Crippen LogP contribution < -0.4 is 4.74 Å². The number of unbranched alkanes of at least 4 members (excludes halogenated alkanes) is 1. The van der Waals surface area contributed by atoms with Crippen LogP contribution >= 0.6 is 0 Å². The average molecular weight is 476 g/mol. The van der Waals surface area contributed by atoms with E-state index in [-0.39, 0.29) is 0 Å². The lowest BCUT2D eigenvalue weighted by Crippen LogP contribution is -2.16. The van der Waals surface area contributed by atoms with E-state index in [1.165, 1.54) is 18.4 Å². The summed E-state index contributed by atoms with van der Waals surface area (Å²) in [5.41, 5.74) is 6.48. The predicted molar refractivity (Wildman–Crippen MR) is 144 cm³/mol. The van der Waals surface area contributed by atoms with Crippen molar-refractivity contribution in [2.45, 2.75) is 32.5 Å². The molecule has 0 amide bonds. The maximum Gasteiger partial charge on any atom is 0.228 e. The normalized spacial score (nSPS) is 14.6. The van der Waals surface area contributed by atoms with Crippen molar-refractivity contribution in [2.24, 2.45) is 0 Å². The van der Waals surface area contributed by atoms with Gasteiger partial charge in [-0.05, 0) is 54.8 Å². The van der Waals surface area contributed by atoms with E-state index in [0.717, 1.165) is 51.0 Å². The third-order valence-corrected chi connectivity index (χ3v) is 6.37. The molecular weight excluding hydrogens is 446 g/mol. The van der Waals surface area contributed by atoms with Crippen molar-refractivity contribution in [3.63, 3.8) is 0 Å². The molecule has 4 nitrogen and oxygen atoms in total. The van der Waals surface area contributed by atoms with Crippen LogP contribution in [0.1, 0.15) is 54.0 Å². The van der Waals surface area contributed by atoms with Crippen molar-refractivity contribution >= 4 is 22.2 Å². The summed E-state index contributed by atoms with van der Waals surface area (Å²) in [7, 11) is 3.31. The van der Waals surface area contributed by atoms with Crippen LogP contribution in [0.15, 0.2) is 78.9 Å². The highest BCUT2D eigenvalue weighted by Crippen LogP contribution is 2.41. The number of hydrogen-bond donors (Lipinski definition) is 0. The molecule has 0 saturated carbocycles. The van der Waals surface area contributed by atoms with Gasteiger partial charge in [-0.1, -0.05) is 67.6 Å². The zero-order chi connectivity index (χ0) is 24.9. The lowest BCUT2D eigenvalue weighted by molar-refractivity contribution is -0.0770. The van der Waals surface area contributed by atoms with Crippen LogP contribution in [-0.4, -0.2) is 19.2 Å². The van der Waals surface area contributed by atoms with Crippen LogP contribution in [0.4, 0.5) is 0 Å². The highest BCUT2D eigenvalue weighted by Gasteiger charge is 2.30. The average Bonchev–Trinajstić information content (AvgIpc) is 2.94. The molecule has 0 radical (unpaired) electrons. The summed E-state index contributed by atoms with van der Waals surface area (Å²) in [6, 6.07) is 26.4. The third-order valence-electron chi connectivity index (χ3n) is 6.37. The van der Waals surface area contributed by atoms with Gasteiger partial charge >= 0.3 is 0 Å². The molecule has 180 valence electrons. The Morgan fingerprint density at radius 3 is 2.42 bits per heavy atom. The SMILES string of the molecule is CCCCc1ccc(C2=C(C#Cc3ccc(OC)cc3)c3nc4ccccc4cc3C(OC)O2)cc1. The molecule has 2 heterocycles. The number of aryl methyl sites for hydroxylation is 1. The molecular formula is C32H29NO3. The first-order chi connectivity index (χ1) is 17.7. The smallest absolute Gasteiger partial charge is 0.228 e. The van der Waals surface area contributed by atoms with Gasteiger partial charge in [0.2, 0.25) is 6.29 Å². The van der Waals surface area contributed by atoms with E-state index in [4.69, 9.17) is 19.2 Å². The molecule has 1 atom stereocenters. The number of rotatable bonds is 6. The van der Waals surface area contributed by atoms with Gasteiger partial charge in [-0.3, -0.25) is 0 Å². The van der Waals surface area contributed by atoms with Crippen LogP contribution in [0.5, 0.6) is 5.75 Å². The summed E-state index contributed by atoms with van der Waals surface area (Å²) >= 11 is 0. The fourth-order valence-corrected chi connectivity index (χ4v) is 4.37. The number of methoxy groups -OCH3 is 2. The van der Waals surface area contributed by atoms with Crippen molar-refractivity contribution < 1.29 is 14.2 Å². The van der Waals surface area contributed by atoms with Gasteiger partial charge in [-0.2, -0.15) is 0 Å². The Balaban J connectivity index is 1.67. The molecule has 1 aliphatic rings. The first-order valence-corrected chi connectivity index (χ1v) is 12.3. The minimum atomic E-state index is -0.571. The van der Waals surface area contributed by atoms with E-state index in [1.54, 1.807) is 14.2 Å². The first-order valence-electron chi connectivity index (χ1n) is 12.3. The third kappa shape index (κ3) is 4.84. The van der Waals surface area contributed by atoms with Gasteiger partial charge in [0.15, 0.2) is 0 Å². The van der Waals surface area contributed by atoms with Crippen LogP contribution in [0.25, 0.3) is 22.2 Å². The van der Waals surface area contributed by atoms with Crippen LogP contribution in [0.2, 0.25) is 0 Å². The molecule has 1 aromatic heterocycles. The molecule has 0 fully saturated rings. The minimum absolute atomic E-state index is 0.571. The molecule has 4 aromatic rings. The van der Waals surface area contributed by atoms with Crippen molar-refractivity contribution in [1.29, 1.82) is 0 Å². The van der Waals surface area contributed by atoms with Crippen molar-refractivity contribution in [2.75, 3.05) is 14.2 Å². The Bertz CT molecular complexity index is 1460. The number of nitrogens with zero attached hydrogens (tertiary/aromatic N) is 1. The van der Waals surface area contributed by atoms with Gasteiger partial charge in [0.05, 0.1) is 23.9 Å². The Hall–Kier alpha value is -4.07. The second kappa shape index (κ2) is 10.7. The van der Waals surface area contributed by atoms with Crippen molar-refractivity contribution in [3.05, 3.63) is 107 Å². The van der Waals surface area contributed by atoms with Crippen molar-refractivity contribution in [3.8, 4) is 17.6 Å². The van der Waals surface area contributed by atoms with E-state index in [9.17, 15) is 0 Å². The summed E-state index contributed by atoms with van der Waals surface area (Å²) in [6.45, 7) is 2.21. The van der Waals surface area contributed by atoms with Crippen LogP contribution in [0, 0.1) is 11.8 Å². The number of ether oxygens (including phenoxy) is 3. The molecule has 1 unspecified atom stereocenters. The minimum Gasteiger partial charge on any atom is -0.497 e. The predicted octanol–water partition coefficient (Wildman–Crippen LogP) is 7.18. The van der Waals surface area contributed by atoms with E-state index in [0.29, 0.717) is 5.76 Å². The van der Waals surface area contributed by atoms with E-state index in [1.807, 2.05) is 48.5 Å². The fraction of sp³-hybridized carbons (Fsp3) is 0.219. The van der Waals surface area contributed by atoms with Crippen LogP contribution in [-0.2, 0) is 15.9 Å². The number of para-hydroxylation sites is 1. The Labute approximate surface area is 212 Å². The number of benzene rings is 3. The molecule has 0 spiro atoms. The number of fused-ring (bicyclic) bond motifs is 2. The molecule has 0 aliphatic carbocycles. The maximum absolute atomic E-state index is 6.45. The molecule has 0 N–H and O–H groups in total. The molecule has 0 bridgehead atoms. The second-order valence-electron chi connectivity index (χ2n) is 8.79. The zero-order valence-corrected chi connectivity index (χ0v) is 20.9. The Morgan fingerprint density at radius 2 is 1.69 bits per heavy atom. The number of allylic oxidation sites excluding steroid dienone is 1. The molecule has 5 rings (SSSR count). The summed E-state index contributed by atoms with van der Waals surface area (Å²) in [4.78, 5) is 5.03. The highest BCUT2D eigenvalue weighted by atomic mass is 16.7. The summed E-state index contributed by atoms with van der Waals surface area (Å²) in [6.07, 6.45) is 2.84. The largest absolute Gasteiger partial charge is 0.497 e. The van der Waals surface area contributed by atoms with E-state index >= 15 is 0 Å². The topological polar surface area (TPSA) is 40.6 Å². The molecule has 3 aromatic carbocycles. The monoisotopic (exact) mass is 475 g/mol. The first kappa shape index (κ1) is 23.7. The van der Waals surface area contributed by atoms with Gasteiger partial charge in [0.25, 0.3) is 0 Å². The summed E-state index contributed by atoms with van der Waals surface area (Å²) in [5.74, 6) is 8.16. The highest BCUT2D eigenvalue weighted by molar-refractivity contribution is 5.98. The van der Waals surface area contributed by atoms with Gasteiger partial charge in [0.1, 0.15) is 11.5 Å². The lowest BCUT2D eigenvalue weighted by Gasteiger charge is -2.28. The summed E-state index contributed by atoms with van der Waals surface area (Å²) in [5, 5.41) is 1.04. The molecule has 0 saturated heterocycles. The lowest BCUT2D eigenvalue weighted by atomic mass is 9.96. The van der Waals surface area contributed by atoms with Crippen molar-refractivity contribution in [1.82, 2.24) is 4.98 Å². The van der Waals surface area contributed by atoms with E-state index < -0.39 is 6.29 Å². The fourth-order valence-electron chi connectivity index (χ4n) is 4.37. The van der Waals surface area contributed by atoms with E-state index in [2.05, 4.69) is 49.1 Å². The Kier molecular flexibility index (Phi) is 7.02. The van der Waals surface area contributed by atoms with Crippen LogP contribution in [0.3, 0.4) is 0 Å². The number of aromatic nitrogens is 1. The van der Waals surface area contributed by atoms with Gasteiger partial charge in [-0.15, -0.1) is 0 Å². The number of hydrogen-bond acceptors (Lipinski definition) is 4. The molecule has 36 heavy (non-hydrogen) atoms. The quantitative estimate of drug-likeness (QED) is 0.277.